The fraction of sp³-hybridized carbons (Fsp3) is 1.00. The Morgan fingerprint density at radius 1 is 1.12 bits per heavy atom. The van der Waals surface area contributed by atoms with Crippen molar-refractivity contribution >= 4 is 0 Å². The van der Waals surface area contributed by atoms with E-state index in [-0.39, 0.29) is 5.54 Å². The zero-order valence-electron chi connectivity index (χ0n) is 11.8. The third-order valence-corrected chi connectivity index (χ3v) is 5.40. The molecule has 0 spiro atoms. The SMILES string of the molecule is CCC1(C)CCN(C2(CN)CCN(C)C2)CC1. The maximum Gasteiger partial charge on any atom is 0.0470 e. The summed E-state index contributed by atoms with van der Waals surface area (Å²) < 4.78 is 0. The maximum atomic E-state index is 6.09. The highest BCUT2D eigenvalue weighted by molar-refractivity contribution is 5.01. The molecule has 0 saturated carbocycles. The van der Waals surface area contributed by atoms with Crippen molar-refractivity contribution in [3.8, 4) is 0 Å². The van der Waals surface area contributed by atoms with Gasteiger partial charge in [-0.2, -0.15) is 0 Å². The molecular weight excluding hydrogens is 210 g/mol. The molecule has 2 saturated heterocycles. The van der Waals surface area contributed by atoms with Gasteiger partial charge in [-0.05, 0) is 51.4 Å². The van der Waals surface area contributed by atoms with Crippen LogP contribution in [0.5, 0.6) is 0 Å². The second kappa shape index (κ2) is 4.87. The molecule has 1 atom stereocenters. The molecule has 2 aliphatic rings. The summed E-state index contributed by atoms with van der Waals surface area (Å²) in [5, 5.41) is 0. The van der Waals surface area contributed by atoms with Crippen molar-refractivity contribution < 1.29 is 0 Å². The van der Waals surface area contributed by atoms with E-state index in [4.69, 9.17) is 5.73 Å². The Labute approximate surface area is 106 Å². The van der Waals surface area contributed by atoms with Crippen LogP contribution in [0, 0.1) is 5.41 Å². The molecule has 2 rings (SSSR count). The zero-order valence-corrected chi connectivity index (χ0v) is 11.8. The van der Waals surface area contributed by atoms with Gasteiger partial charge in [-0.1, -0.05) is 20.3 Å². The Balaban J connectivity index is 1.99. The largest absolute Gasteiger partial charge is 0.329 e. The van der Waals surface area contributed by atoms with Crippen molar-refractivity contribution in [3.05, 3.63) is 0 Å². The lowest BCUT2D eigenvalue weighted by Gasteiger charge is -2.47. The first-order valence-electron chi connectivity index (χ1n) is 7.17. The van der Waals surface area contributed by atoms with Crippen LogP contribution in [0.4, 0.5) is 0 Å². The van der Waals surface area contributed by atoms with Crippen LogP contribution in [0.3, 0.4) is 0 Å². The molecule has 0 amide bonds. The van der Waals surface area contributed by atoms with E-state index in [1.54, 1.807) is 0 Å². The predicted octanol–water partition coefficient (Wildman–Crippen LogP) is 1.53. The van der Waals surface area contributed by atoms with Gasteiger partial charge in [0.15, 0.2) is 0 Å². The second-order valence-electron chi connectivity index (χ2n) is 6.57. The number of likely N-dealkylation sites (N-methyl/N-ethyl adjacent to an activating group) is 1. The first kappa shape index (κ1) is 13.3. The standard InChI is InChI=1S/C14H29N3/c1-4-13(2)5-9-17(10-6-13)14(11-15)7-8-16(3)12-14/h4-12,15H2,1-3H3. The molecule has 0 bridgehead atoms. The molecule has 1 unspecified atom stereocenters. The lowest BCUT2D eigenvalue weighted by Crippen LogP contribution is -2.58. The molecule has 0 aromatic heterocycles. The summed E-state index contributed by atoms with van der Waals surface area (Å²) in [6, 6.07) is 0. The monoisotopic (exact) mass is 239 g/mol. The van der Waals surface area contributed by atoms with Crippen LogP contribution in [0.2, 0.25) is 0 Å². The number of rotatable bonds is 3. The molecule has 0 radical (unpaired) electrons. The molecule has 2 aliphatic heterocycles. The second-order valence-corrected chi connectivity index (χ2v) is 6.57. The van der Waals surface area contributed by atoms with Gasteiger partial charge in [0.1, 0.15) is 0 Å². The molecule has 2 heterocycles. The summed E-state index contributed by atoms with van der Waals surface area (Å²) >= 11 is 0. The number of nitrogens with zero attached hydrogens (tertiary/aromatic N) is 2. The molecule has 3 nitrogen and oxygen atoms in total. The normalized spacial score (nSPS) is 35.3. The first-order chi connectivity index (χ1) is 8.03. The molecule has 2 N–H and O–H groups in total. The highest BCUT2D eigenvalue weighted by atomic mass is 15.3. The number of hydrogen-bond acceptors (Lipinski definition) is 3. The van der Waals surface area contributed by atoms with Crippen molar-refractivity contribution in [1.82, 2.24) is 9.80 Å². The Morgan fingerprint density at radius 2 is 1.76 bits per heavy atom. The topological polar surface area (TPSA) is 32.5 Å². The average Bonchev–Trinajstić information content (AvgIpc) is 2.73. The summed E-state index contributed by atoms with van der Waals surface area (Å²) in [6.07, 6.45) is 5.25. The minimum atomic E-state index is 0.282. The van der Waals surface area contributed by atoms with Crippen molar-refractivity contribution in [3.63, 3.8) is 0 Å². The van der Waals surface area contributed by atoms with E-state index in [1.165, 1.54) is 45.3 Å². The summed E-state index contributed by atoms with van der Waals surface area (Å²) in [7, 11) is 2.22. The minimum Gasteiger partial charge on any atom is -0.329 e. The van der Waals surface area contributed by atoms with E-state index in [0.29, 0.717) is 5.41 Å². The Hall–Kier alpha value is -0.120. The molecule has 0 aromatic rings. The van der Waals surface area contributed by atoms with E-state index >= 15 is 0 Å². The molecule has 0 aromatic carbocycles. The van der Waals surface area contributed by atoms with Crippen molar-refractivity contribution in [2.24, 2.45) is 11.1 Å². The molecule has 3 heteroatoms. The van der Waals surface area contributed by atoms with Gasteiger partial charge in [0.2, 0.25) is 0 Å². The van der Waals surface area contributed by atoms with E-state index in [2.05, 4.69) is 30.7 Å². The fourth-order valence-corrected chi connectivity index (χ4v) is 3.49. The molecule has 2 fully saturated rings. The smallest absolute Gasteiger partial charge is 0.0470 e. The van der Waals surface area contributed by atoms with E-state index in [0.717, 1.165) is 13.1 Å². The van der Waals surface area contributed by atoms with Gasteiger partial charge in [-0.15, -0.1) is 0 Å². The molecular formula is C14H29N3. The average molecular weight is 239 g/mol. The first-order valence-corrected chi connectivity index (χ1v) is 7.17. The number of likely N-dealkylation sites (tertiary alicyclic amines) is 2. The summed E-state index contributed by atoms with van der Waals surface area (Å²) in [6.45, 7) is 10.5. The lowest BCUT2D eigenvalue weighted by atomic mass is 9.77. The third-order valence-electron chi connectivity index (χ3n) is 5.40. The maximum absolute atomic E-state index is 6.09. The Kier molecular flexibility index (Phi) is 3.81. The summed E-state index contributed by atoms with van der Waals surface area (Å²) in [5.41, 5.74) is 6.96. The van der Waals surface area contributed by atoms with Gasteiger partial charge in [0, 0.05) is 18.6 Å². The van der Waals surface area contributed by atoms with Gasteiger partial charge in [-0.25, -0.2) is 0 Å². The van der Waals surface area contributed by atoms with Gasteiger partial charge in [0.05, 0.1) is 0 Å². The van der Waals surface area contributed by atoms with Crippen LogP contribution < -0.4 is 5.73 Å². The van der Waals surface area contributed by atoms with Gasteiger partial charge < -0.3 is 10.6 Å². The highest BCUT2D eigenvalue weighted by Crippen LogP contribution is 2.38. The minimum absolute atomic E-state index is 0.282. The summed E-state index contributed by atoms with van der Waals surface area (Å²) in [4.78, 5) is 5.12. The van der Waals surface area contributed by atoms with Crippen LogP contribution in [0.15, 0.2) is 0 Å². The van der Waals surface area contributed by atoms with E-state index < -0.39 is 0 Å². The van der Waals surface area contributed by atoms with E-state index in [9.17, 15) is 0 Å². The molecule has 0 aliphatic carbocycles. The van der Waals surface area contributed by atoms with Crippen LogP contribution in [0.1, 0.15) is 39.5 Å². The van der Waals surface area contributed by atoms with Crippen LogP contribution in [0.25, 0.3) is 0 Å². The van der Waals surface area contributed by atoms with Crippen LogP contribution in [-0.4, -0.2) is 55.1 Å². The lowest BCUT2D eigenvalue weighted by molar-refractivity contribution is 0.0305. The Morgan fingerprint density at radius 3 is 2.18 bits per heavy atom. The molecule has 100 valence electrons. The third kappa shape index (κ3) is 2.51. The van der Waals surface area contributed by atoms with E-state index in [1.807, 2.05) is 0 Å². The Bertz CT molecular complexity index is 258. The number of nitrogens with two attached hydrogens (primary N) is 1. The molecule has 17 heavy (non-hydrogen) atoms. The van der Waals surface area contributed by atoms with Crippen molar-refractivity contribution in [2.45, 2.75) is 45.1 Å². The van der Waals surface area contributed by atoms with Crippen LogP contribution >= 0.6 is 0 Å². The number of piperidine rings is 1. The van der Waals surface area contributed by atoms with Crippen LogP contribution in [-0.2, 0) is 0 Å². The van der Waals surface area contributed by atoms with Gasteiger partial charge in [-0.3, -0.25) is 4.90 Å². The fourth-order valence-electron chi connectivity index (χ4n) is 3.49. The van der Waals surface area contributed by atoms with Gasteiger partial charge >= 0.3 is 0 Å². The quantitative estimate of drug-likeness (QED) is 0.811. The predicted molar refractivity (Wildman–Crippen MR) is 73.1 cm³/mol. The highest BCUT2D eigenvalue weighted by Gasteiger charge is 2.43. The van der Waals surface area contributed by atoms with Gasteiger partial charge in [0.25, 0.3) is 0 Å². The number of hydrogen-bond donors (Lipinski definition) is 1. The van der Waals surface area contributed by atoms with Crippen molar-refractivity contribution in [1.29, 1.82) is 0 Å². The summed E-state index contributed by atoms with van der Waals surface area (Å²) in [5.74, 6) is 0. The zero-order chi connectivity index (χ0) is 12.5. The van der Waals surface area contributed by atoms with Crippen molar-refractivity contribution in [2.75, 3.05) is 39.8 Å².